The van der Waals surface area contributed by atoms with Gasteiger partial charge in [-0.1, -0.05) is 41.9 Å². The van der Waals surface area contributed by atoms with Gasteiger partial charge in [-0.25, -0.2) is 0 Å². The standard InChI is InChI=1S/C18H26BrN3O2.ClH/c1-13(2)16(23)21-9-4-10-22(12-11-21)17(24)18(3,20)14-5-7-15(19)8-6-14;/h5-8,13H,4,9-12,20H2,1-3H3;1H. The Hall–Kier alpha value is -1.11. The fourth-order valence-electron chi connectivity index (χ4n) is 2.95. The molecule has 2 N–H and O–H groups in total. The number of nitrogens with zero attached hydrogens (tertiary/aromatic N) is 2. The van der Waals surface area contributed by atoms with E-state index in [-0.39, 0.29) is 30.1 Å². The lowest BCUT2D eigenvalue weighted by Gasteiger charge is -2.31. The van der Waals surface area contributed by atoms with Crippen molar-refractivity contribution in [1.29, 1.82) is 0 Å². The summed E-state index contributed by atoms with van der Waals surface area (Å²) in [6, 6.07) is 7.52. The number of benzene rings is 1. The van der Waals surface area contributed by atoms with Crippen molar-refractivity contribution in [2.75, 3.05) is 26.2 Å². The van der Waals surface area contributed by atoms with Gasteiger partial charge in [-0.15, -0.1) is 12.4 Å². The van der Waals surface area contributed by atoms with Gasteiger partial charge in [-0.05, 0) is 31.0 Å². The van der Waals surface area contributed by atoms with Crippen LogP contribution in [0.2, 0.25) is 0 Å². The minimum atomic E-state index is -1.07. The highest BCUT2D eigenvalue weighted by Crippen LogP contribution is 2.23. The Balaban J connectivity index is 0.00000312. The number of hydrogen-bond donors (Lipinski definition) is 1. The summed E-state index contributed by atoms with van der Waals surface area (Å²) in [6.45, 7) is 7.98. The summed E-state index contributed by atoms with van der Waals surface area (Å²) in [5.41, 5.74) is 6.08. The second kappa shape index (κ2) is 9.01. The largest absolute Gasteiger partial charge is 0.341 e. The molecular formula is C18H27BrClN3O2. The van der Waals surface area contributed by atoms with Crippen LogP contribution in [-0.4, -0.2) is 47.8 Å². The Bertz CT molecular complexity index is 605. The van der Waals surface area contributed by atoms with Crippen LogP contribution in [-0.2, 0) is 15.1 Å². The van der Waals surface area contributed by atoms with E-state index in [9.17, 15) is 9.59 Å². The highest BCUT2D eigenvalue weighted by Gasteiger charge is 2.35. The Morgan fingerprint density at radius 2 is 1.60 bits per heavy atom. The van der Waals surface area contributed by atoms with Crippen LogP contribution < -0.4 is 5.73 Å². The zero-order valence-corrected chi connectivity index (χ0v) is 17.4. The first kappa shape index (κ1) is 21.9. The minimum absolute atomic E-state index is 0. The third-order valence-electron chi connectivity index (χ3n) is 4.48. The molecule has 1 aliphatic heterocycles. The summed E-state index contributed by atoms with van der Waals surface area (Å²) >= 11 is 3.39. The van der Waals surface area contributed by atoms with E-state index in [1.165, 1.54) is 0 Å². The average molecular weight is 433 g/mol. The molecule has 0 aromatic heterocycles. The lowest BCUT2D eigenvalue weighted by Crippen LogP contribution is -2.52. The summed E-state index contributed by atoms with van der Waals surface area (Å²) in [6.07, 6.45) is 0.778. The number of halogens is 2. The second-order valence-electron chi connectivity index (χ2n) is 6.83. The van der Waals surface area contributed by atoms with E-state index in [2.05, 4.69) is 15.9 Å². The Morgan fingerprint density at radius 3 is 2.16 bits per heavy atom. The molecule has 2 amide bonds. The molecule has 7 heteroatoms. The van der Waals surface area contributed by atoms with E-state index < -0.39 is 5.54 Å². The first-order valence-electron chi connectivity index (χ1n) is 8.36. The Morgan fingerprint density at radius 1 is 1.08 bits per heavy atom. The van der Waals surface area contributed by atoms with Crippen LogP contribution in [0.25, 0.3) is 0 Å². The van der Waals surface area contributed by atoms with Gasteiger partial charge in [-0.3, -0.25) is 9.59 Å². The second-order valence-corrected chi connectivity index (χ2v) is 7.75. The summed E-state index contributed by atoms with van der Waals surface area (Å²) in [5.74, 6) is 0.0335. The highest BCUT2D eigenvalue weighted by molar-refractivity contribution is 9.10. The molecule has 1 aromatic rings. The summed E-state index contributed by atoms with van der Waals surface area (Å²) < 4.78 is 0.951. The average Bonchev–Trinajstić information content (AvgIpc) is 2.79. The number of amides is 2. The minimum Gasteiger partial charge on any atom is -0.341 e. The third kappa shape index (κ3) is 5.19. The zero-order valence-electron chi connectivity index (χ0n) is 15.0. The monoisotopic (exact) mass is 431 g/mol. The van der Waals surface area contributed by atoms with Crippen LogP contribution in [0.5, 0.6) is 0 Å². The molecule has 5 nitrogen and oxygen atoms in total. The molecule has 1 atom stereocenters. The van der Waals surface area contributed by atoms with Crippen molar-refractivity contribution in [2.45, 2.75) is 32.7 Å². The SMILES string of the molecule is CC(C)C(=O)N1CCCN(C(=O)C(C)(N)c2ccc(Br)cc2)CC1.Cl. The Kier molecular flexibility index (Phi) is 7.90. The van der Waals surface area contributed by atoms with Crippen molar-refractivity contribution in [3.63, 3.8) is 0 Å². The topological polar surface area (TPSA) is 66.6 Å². The van der Waals surface area contributed by atoms with E-state index >= 15 is 0 Å². The molecule has 0 bridgehead atoms. The van der Waals surface area contributed by atoms with Gasteiger partial charge in [0.2, 0.25) is 11.8 Å². The number of carbonyl (C=O) groups excluding carboxylic acids is 2. The van der Waals surface area contributed by atoms with Gasteiger partial charge in [0.25, 0.3) is 0 Å². The van der Waals surface area contributed by atoms with E-state index in [4.69, 9.17) is 5.73 Å². The van der Waals surface area contributed by atoms with Gasteiger partial charge in [0.15, 0.2) is 0 Å². The van der Waals surface area contributed by atoms with Crippen LogP contribution in [0, 0.1) is 5.92 Å². The maximum atomic E-state index is 13.0. The molecule has 25 heavy (non-hydrogen) atoms. The van der Waals surface area contributed by atoms with Crippen LogP contribution >= 0.6 is 28.3 Å². The molecule has 1 aromatic carbocycles. The van der Waals surface area contributed by atoms with E-state index in [0.717, 1.165) is 16.5 Å². The molecule has 0 saturated carbocycles. The summed E-state index contributed by atoms with van der Waals surface area (Å²) in [7, 11) is 0. The number of carbonyl (C=O) groups is 2. The van der Waals surface area contributed by atoms with Crippen molar-refractivity contribution < 1.29 is 9.59 Å². The molecule has 1 fully saturated rings. The maximum absolute atomic E-state index is 13.0. The predicted molar refractivity (Wildman–Crippen MR) is 106 cm³/mol. The number of rotatable bonds is 3. The van der Waals surface area contributed by atoms with Crippen LogP contribution in [0.4, 0.5) is 0 Å². The van der Waals surface area contributed by atoms with Gasteiger partial charge in [-0.2, -0.15) is 0 Å². The van der Waals surface area contributed by atoms with Crippen molar-refractivity contribution in [3.8, 4) is 0 Å². The molecular weight excluding hydrogens is 406 g/mol. The van der Waals surface area contributed by atoms with Crippen LogP contribution in [0.3, 0.4) is 0 Å². The van der Waals surface area contributed by atoms with Crippen molar-refractivity contribution in [1.82, 2.24) is 9.80 Å². The zero-order chi connectivity index (χ0) is 17.9. The van der Waals surface area contributed by atoms with Gasteiger partial charge >= 0.3 is 0 Å². The van der Waals surface area contributed by atoms with Gasteiger partial charge in [0, 0.05) is 36.6 Å². The van der Waals surface area contributed by atoms with E-state index in [0.29, 0.717) is 26.2 Å². The molecule has 1 aliphatic rings. The fraction of sp³-hybridized carbons (Fsp3) is 0.556. The summed E-state index contributed by atoms with van der Waals surface area (Å²) in [5, 5.41) is 0. The molecule has 0 radical (unpaired) electrons. The molecule has 1 heterocycles. The highest BCUT2D eigenvalue weighted by atomic mass is 79.9. The van der Waals surface area contributed by atoms with Gasteiger partial charge < -0.3 is 15.5 Å². The molecule has 0 aliphatic carbocycles. The molecule has 1 unspecified atom stereocenters. The molecule has 0 spiro atoms. The first-order valence-corrected chi connectivity index (χ1v) is 9.16. The Labute approximate surface area is 164 Å². The van der Waals surface area contributed by atoms with Crippen molar-refractivity contribution >= 4 is 40.2 Å². The lowest BCUT2D eigenvalue weighted by atomic mass is 9.91. The normalized spacial score (nSPS) is 17.5. The van der Waals surface area contributed by atoms with Crippen LogP contribution in [0.15, 0.2) is 28.7 Å². The van der Waals surface area contributed by atoms with Crippen molar-refractivity contribution in [3.05, 3.63) is 34.3 Å². The number of nitrogens with two attached hydrogens (primary N) is 1. The molecule has 140 valence electrons. The van der Waals surface area contributed by atoms with Crippen LogP contribution in [0.1, 0.15) is 32.8 Å². The van der Waals surface area contributed by atoms with E-state index in [1.807, 2.05) is 43.0 Å². The number of hydrogen-bond acceptors (Lipinski definition) is 3. The van der Waals surface area contributed by atoms with Gasteiger partial charge in [0.05, 0.1) is 0 Å². The lowest BCUT2D eigenvalue weighted by molar-refractivity contribution is -0.138. The molecule has 2 rings (SSSR count). The molecule has 1 saturated heterocycles. The predicted octanol–water partition coefficient (Wildman–Crippen LogP) is 2.76. The fourth-order valence-corrected chi connectivity index (χ4v) is 3.22. The summed E-state index contributed by atoms with van der Waals surface area (Å²) in [4.78, 5) is 28.8. The maximum Gasteiger partial charge on any atom is 0.247 e. The van der Waals surface area contributed by atoms with Crippen molar-refractivity contribution in [2.24, 2.45) is 11.7 Å². The van der Waals surface area contributed by atoms with Gasteiger partial charge in [0.1, 0.15) is 5.54 Å². The first-order chi connectivity index (χ1) is 11.2. The smallest absolute Gasteiger partial charge is 0.247 e. The third-order valence-corrected chi connectivity index (χ3v) is 5.01. The quantitative estimate of drug-likeness (QED) is 0.798. The van der Waals surface area contributed by atoms with E-state index in [1.54, 1.807) is 11.8 Å².